The van der Waals surface area contributed by atoms with Gasteiger partial charge in [0.15, 0.2) is 12.4 Å². The highest BCUT2D eigenvalue weighted by Crippen LogP contribution is 2.19. The highest BCUT2D eigenvalue weighted by atomic mass is 16.5. The number of benzene rings is 2. The highest BCUT2D eigenvalue weighted by molar-refractivity contribution is 6.00. The van der Waals surface area contributed by atoms with E-state index in [0.717, 1.165) is 5.39 Å². The third-order valence-corrected chi connectivity index (χ3v) is 4.29. The minimum atomic E-state index is -0.865. The molecule has 0 saturated carbocycles. The van der Waals surface area contributed by atoms with Crippen LogP contribution >= 0.6 is 0 Å². The van der Waals surface area contributed by atoms with Gasteiger partial charge in [-0.15, -0.1) is 0 Å². The number of para-hydroxylation sites is 1. The van der Waals surface area contributed by atoms with Gasteiger partial charge in [0.05, 0.1) is 0 Å². The van der Waals surface area contributed by atoms with E-state index in [-0.39, 0.29) is 17.6 Å². The van der Waals surface area contributed by atoms with E-state index in [9.17, 15) is 14.4 Å². The molecule has 1 atom stereocenters. The van der Waals surface area contributed by atoms with Crippen molar-refractivity contribution in [1.29, 1.82) is 0 Å². The second-order valence-corrected chi connectivity index (χ2v) is 6.74. The molecular formula is C22H21NO5. The molecule has 3 aromatic rings. The van der Waals surface area contributed by atoms with Crippen LogP contribution in [0.1, 0.15) is 34.8 Å². The fourth-order valence-corrected chi connectivity index (χ4v) is 2.73. The molecule has 0 bridgehead atoms. The summed E-state index contributed by atoms with van der Waals surface area (Å²) in [7, 11) is 0. The number of rotatable bonds is 7. The van der Waals surface area contributed by atoms with Gasteiger partial charge in [-0.1, -0.05) is 50.2 Å². The zero-order valence-corrected chi connectivity index (χ0v) is 15.7. The van der Waals surface area contributed by atoms with Crippen molar-refractivity contribution in [1.82, 2.24) is 5.32 Å². The zero-order valence-electron chi connectivity index (χ0n) is 15.7. The average molecular weight is 379 g/mol. The first-order valence-corrected chi connectivity index (χ1v) is 9.00. The second-order valence-electron chi connectivity index (χ2n) is 6.74. The number of fused-ring (bicyclic) bond motifs is 1. The summed E-state index contributed by atoms with van der Waals surface area (Å²) >= 11 is 0. The van der Waals surface area contributed by atoms with Gasteiger partial charge >= 0.3 is 5.97 Å². The van der Waals surface area contributed by atoms with E-state index in [0.29, 0.717) is 11.1 Å². The fourth-order valence-electron chi connectivity index (χ4n) is 2.73. The molecule has 0 spiro atoms. The van der Waals surface area contributed by atoms with Gasteiger partial charge in [-0.05, 0) is 30.2 Å². The average Bonchev–Trinajstić information content (AvgIpc) is 3.14. The van der Waals surface area contributed by atoms with Gasteiger partial charge in [-0.25, -0.2) is 4.79 Å². The second kappa shape index (κ2) is 8.52. The summed E-state index contributed by atoms with van der Waals surface area (Å²) in [5.41, 5.74) is 1.03. The SMILES string of the molecule is CC(C)[C@@H](NC(=O)c1ccccc1)C(=O)OCC(=O)c1cc2ccccc2o1. The Morgan fingerprint density at radius 2 is 1.68 bits per heavy atom. The van der Waals surface area contributed by atoms with E-state index < -0.39 is 24.4 Å². The molecule has 0 unspecified atom stereocenters. The summed E-state index contributed by atoms with van der Waals surface area (Å²) in [5, 5.41) is 3.47. The van der Waals surface area contributed by atoms with Crippen molar-refractivity contribution in [3.8, 4) is 0 Å². The van der Waals surface area contributed by atoms with Crippen molar-refractivity contribution in [2.45, 2.75) is 19.9 Å². The lowest BCUT2D eigenvalue weighted by Crippen LogP contribution is -2.45. The molecule has 0 aliphatic rings. The molecule has 1 aromatic heterocycles. The van der Waals surface area contributed by atoms with E-state index in [1.807, 2.05) is 18.2 Å². The van der Waals surface area contributed by atoms with Gasteiger partial charge in [-0.3, -0.25) is 9.59 Å². The van der Waals surface area contributed by atoms with Gasteiger partial charge in [0, 0.05) is 10.9 Å². The lowest BCUT2D eigenvalue weighted by Gasteiger charge is -2.20. The molecule has 0 saturated heterocycles. The van der Waals surface area contributed by atoms with Crippen molar-refractivity contribution in [2.75, 3.05) is 6.61 Å². The number of Topliss-reactive ketones (excluding diaryl/α,β-unsaturated/α-hetero) is 1. The fraction of sp³-hybridized carbons (Fsp3) is 0.227. The van der Waals surface area contributed by atoms with E-state index >= 15 is 0 Å². The lowest BCUT2D eigenvalue weighted by molar-refractivity contribution is -0.146. The van der Waals surface area contributed by atoms with Crippen LogP contribution < -0.4 is 5.32 Å². The molecule has 1 N–H and O–H groups in total. The van der Waals surface area contributed by atoms with Crippen LogP contribution in [0.2, 0.25) is 0 Å². The van der Waals surface area contributed by atoms with Crippen molar-refractivity contribution in [3.05, 3.63) is 72.0 Å². The van der Waals surface area contributed by atoms with Gasteiger partial charge in [0.25, 0.3) is 5.91 Å². The van der Waals surface area contributed by atoms with Crippen molar-refractivity contribution in [3.63, 3.8) is 0 Å². The number of esters is 1. The Kier molecular flexibility index (Phi) is 5.89. The molecule has 2 aromatic carbocycles. The molecule has 144 valence electrons. The Labute approximate surface area is 162 Å². The maximum atomic E-state index is 12.4. The Morgan fingerprint density at radius 1 is 1.00 bits per heavy atom. The molecule has 0 aliphatic carbocycles. The summed E-state index contributed by atoms with van der Waals surface area (Å²) < 4.78 is 10.6. The van der Waals surface area contributed by atoms with Crippen LogP contribution in [0.15, 0.2) is 65.1 Å². The number of nitrogens with one attached hydrogen (secondary N) is 1. The molecule has 6 heteroatoms. The van der Waals surface area contributed by atoms with E-state index in [1.54, 1.807) is 56.3 Å². The minimum absolute atomic E-state index is 0.128. The smallest absolute Gasteiger partial charge is 0.329 e. The highest BCUT2D eigenvalue weighted by Gasteiger charge is 2.27. The number of ketones is 1. The van der Waals surface area contributed by atoms with Crippen molar-refractivity contribution < 1.29 is 23.5 Å². The minimum Gasteiger partial charge on any atom is -0.456 e. The number of carbonyl (C=O) groups is 3. The number of amides is 1. The first-order valence-electron chi connectivity index (χ1n) is 9.00. The van der Waals surface area contributed by atoms with Gasteiger partial charge in [0.2, 0.25) is 5.78 Å². The molecule has 0 aliphatic heterocycles. The third kappa shape index (κ3) is 4.46. The van der Waals surface area contributed by atoms with Crippen LogP contribution in [0.25, 0.3) is 11.0 Å². The summed E-state index contributed by atoms with van der Waals surface area (Å²) in [6, 6.07) is 16.6. The Balaban J connectivity index is 1.62. The van der Waals surface area contributed by atoms with Gasteiger partial charge in [-0.2, -0.15) is 0 Å². The Morgan fingerprint density at radius 3 is 2.36 bits per heavy atom. The molecular weight excluding hydrogens is 358 g/mol. The molecule has 0 fully saturated rings. The number of hydrogen-bond acceptors (Lipinski definition) is 5. The largest absolute Gasteiger partial charge is 0.456 e. The maximum Gasteiger partial charge on any atom is 0.329 e. The van der Waals surface area contributed by atoms with Crippen LogP contribution in [-0.4, -0.2) is 30.3 Å². The van der Waals surface area contributed by atoms with E-state index in [4.69, 9.17) is 9.15 Å². The van der Waals surface area contributed by atoms with Gasteiger partial charge < -0.3 is 14.5 Å². The summed E-state index contributed by atoms with van der Waals surface area (Å²) in [4.78, 5) is 37.1. The Hall–Kier alpha value is -3.41. The maximum absolute atomic E-state index is 12.4. The quantitative estimate of drug-likeness (QED) is 0.501. The van der Waals surface area contributed by atoms with Crippen molar-refractivity contribution >= 4 is 28.6 Å². The van der Waals surface area contributed by atoms with Gasteiger partial charge in [0.1, 0.15) is 11.6 Å². The predicted molar refractivity (Wildman–Crippen MR) is 104 cm³/mol. The van der Waals surface area contributed by atoms with Crippen molar-refractivity contribution in [2.24, 2.45) is 5.92 Å². The van der Waals surface area contributed by atoms with Crippen LogP contribution in [0.5, 0.6) is 0 Å². The number of furan rings is 1. The first kappa shape index (κ1) is 19.4. The molecule has 1 amide bonds. The zero-order chi connectivity index (χ0) is 20.1. The van der Waals surface area contributed by atoms with Crippen LogP contribution in [-0.2, 0) is 9.53 Å². The molecule has 1 heterocycles. The molecule has 6 nitrogen and oxygen atoms in total. The third-order valence-electron chi connectivity index (χ3n) is 4.29. The number of carbonyl (C=O) groups excluding carboxylic acids is 3. The number of ether oxygens (including phenoxy) is 1. The normalized spacial score (nSPS) is 12.0. The molecule has 0 radical (unpaired) electrons. The topological polar surface area (TPSA) is 85.6 Å². The standard InChI is InChI=1S/C22H21NO5/c1-14(2)20(23-21(25)15-8-4-3-5-9-15)22(26)27-13-17(24)19-12-16-10-6-7-11-18(16)28-19/h3-12,14,20H,13H2,1-2H3,(H,23,25)/t20-/m1/s1. The molecule has 3 rings (SSSR count). The lowest BCUT2D eigenvalue weighted by atomic mass is 10.0. The van der Waals surface area contributed by atoms with E-state index in [2.05, 4.69) is 5.32 Å². The summed E-state index contributed by atoms with van der Waals surface area (Å²) in [5.74, 6) is -1.56. The monoisotopic (exact) mass is 379 g/mol. The Bertz CT molecular complexity index is 957. The van der Waals surface area contributed by atoms with Crippen LogP contribution in [0.3, 0.4) is 0 Å². The summed E-state index contributed by atoms with van der Waals surface area (Å²) in [6.07, 6.45) is 0. The summed E-state index contributed by atoms with van der Waals surface area (Å²) in [6.45, 7) is 3.12. The van der Waals surface area contributed by atoms with Crippen LogP contribution in [0.4, 0.5) is 0 Å². The predicted octanol–water partition coefficient (Wildman–Crippen LogP) is 3.61. The molecule has 28 heavy (non-hydrogen) atoms. The van der Waals surface area contributed by atoms with E-state index in [1.165, 1.54) is 0 Å². The van der Waals surface area contributed by atoms with Crippen LogP contribution in [0, 0.1) is 5.92 Å². The number of hydrogen-bond donors (Lipinski definition) is 1. The first-order chi connectivity index (χ1) is 13.5.